The Hall–Kier alpha value is -2.91. The zero-order valence-corrected chi connectivity index (χ0v) is 17.7. The molecule has 0 radical (unpaired) electrons. The first-order valence-corrected chi connectivity index (χ1v) is 10.9. The van der Waals surface area contributed by atoms with Crippen LogP contribution in [0.2, 0.25) is 0 Å². The van der Waals surface area contributed by atoms with Gasteiger partial charge in [0.15, 0.2) is 0 Å². The maximum absolute atomic E-state index is 5.60. The smallest absolute Gasteiger partial charge is 0.142 e. The summed E-state index contributed by atoms with van der Waals surface area (Å²) in [7, 11) is 0. The fourth-order valence-electron chi connectivity index (χ4n) is 3.94. The van der Waals surface area contributed by atoms with Gasteiger partial charge in [0.2, 0.25) is 0 Å². The first-order valence-electron chi connectivity index (χ1n) is 10.9. The van der Waals surface area contributed by atoms with E-state index in [9.17, 15) is 0 Å². The molecule has 3 nitrogen and oxygen atoms in total. The molecule has 1 N–H and O–H groups in total. The van der Waals surface area contributed by atoms with Gasteiger partial charge in [-0.15, -0.1) is 0 Å². The van der Waals surface area contributed by atoms with Crippen molar-refractivity contribution in [3.8, 4) is 11.1 Å². The Balaban J connectivity index is 1.27. The van der Waals surface area contributed by atoms with Crippen LogP contribution in [0.4, 0.5) is 0 Å². The highest BCUT2D eigenvalue weighted by Gasteiger charge is 2.13. The third-order valence-corrected chi connectivity index (χ3v) is 5.82. The van der Waals surface area contributed by atoms with Gasteiger partial charge >= 0.3 is 0 Å². The Morgan fingerprint density at radius 2 is 1.47 bits per heavy atom. The van der Waals surface area contributed by atoms with Crippen LogP contribution in [0.1, 0.15) is 49.3 Å². The van der Waals surface area contributed by atoms with Crippen LogP contribution in [0, 0.1) is 0 Å². The highest BCUT2D eigenvalue weighted by Crippen LogP contribution is 2.20. The van der Waals surface area contributed by atoms with Crippen molar-refractivity contribution >= 4 is 5.71 Å². The summed E-state index contributed by atoms with van der Waals surface area (Å²) in [5.74, 6) is 0. The predicted octanol–water partition coefficient (Wildman–Crippen LogP) is 6.33. The minimum Gasteiger partial charge on any atom is -0.391 e. The van der Waals surface area contributed by atoms with Crippen molar-refractivity contribution in [1.82, 2.24) is 5.32 Å². The van der Waals surface area contributed by atoms with Gasteiger partial charge in [0.05, 0.1) is 5.71 Å². The van der Waals surface area contributed by atoms with Crippen LogP contribution in [0.15, 0.2) is 84.0 Å². The van der Waals surface area contributed by atoms with Crippen LogP contribution < -0.4 is 5.32 Å². The minimum absolute atomic E-state index is 0.468. The van der Waals surface area contributed by atoms with Crippen LogP contribution in [-0.4, -0.2) is 11.8 Å². The van der Waals surface area contributed by atoms with Crippen LogP contribution in [-0.2, 0) is 18.0 Å². The minimum atomic E-state index is 0.468. The molecule has 3 heteroatoms. The van der Waals surface area contributed by atoms with Crippen molar-refractivity contribution in [3.63, 3.8) is 0 Å². The summed E-state index contributed by atoms with van der Waals surface area (Å²) in [4.78, 5) is 5.60. The maximum Gasteiger partial charge on any atom is 0.142 e. The average Bonchev–Trinajstić information content (AvgIpc) is 3.33. The van der Waals surface area contributed by atoms with E-state index in [4.69, 9.17) is 4.84 Å². The molecule has 1 aliphatic carbocycles. The van der Waals surface area contributed by atoms with Crippen molar-refractivity contribution in [2.75, 3.05) is 0 Å². The van der Waals surface area contributed by atoms with Gasteiger partial charge in [-0.05, 0) is 47.6 Å². The summed E-state index contributed by atoms with van der Waals surface area (Å²) < 4.78 is 0. The van der Waals surface area contributed by atoms with Crippen molar-refractivity contribution in [1.29, 1.82) is 0 Å². The van der Waals surface area contributed by atoms with Gasteiger partial charge in [0.1, 0.15) is 6.61 Å². The third-order valence-electron chi connectivity index (χ3n) is 5.82. The molecule has 0 heterocycles. The second-order valence-electron chi connectivity index (χ2n) is 8.07. The Kier molecular flexibility index (Phi) is 6.94. The van der Waals surface area contributed by atoms with Crippen LogP contribution in [0.5, 0.6) is 0 Å². The molecule has 3 aromatic rings. The maximum atomic E-state index is 5.60. The van der Waals surface area contributed by atoms with E-state index in [2.05, 4.69) is 83.3 Å². The summed E-state index contributed by atoms with van der Waals surface area (Å²) in [6.45, 7) is 3.40. The van der Waals surface area contributed by atoms with E-state index < -0.39 is 0 Å². The van der Waals surface area contributed by atoms with E-state index in [1.165, 1.54) is 42.4 Å². The summed E-state index contributed by atoms with van der Waals surface area (Å²) in [6.07, 6.45) is 5.36. The number of hydrogen-bond donors (Lipinski definition) is 1. The standard InChI is InChI=1S/C27H30N2O/c1-21(24-15-11-22(12-16-24)19-28-27-9-5-6-10-27)29-30-20-23-13-17-26(18-14-23)25-7-3-2-4-8-25/h2-4,7-8,11-18,27-28H,5-6,9-10,19-20H2,1H3. The summed E-state index contributed by atoms with van der Waals surface area (Å²) in [5.41, 5.74) is 6.85. The molecule has 0 aliphatic heterocycles. The van der Waals surface area contributed by atoms with Crippen LogP contribution in [0.25, 0.3) is 11.1 Å². The van der Waals surface area contributed by atoms with Gasteiger partial charge in [-0.1, -0.05) is 96.9 Å². The Labute approximate surface area is 179 Å². The Bertz CT molecular complexity index is 940. The first kappa shape index (κ1) is 20.4. The number of rotatable bonds is 8. The van der Waals surface area contributed by atoms with Crippen LogP contribution in [0.3, 0.4) is 0 Å². The largest absolute Gasteiger partial charge is 0.391 e. The third kappa shape index (κ3) is 5.58. The van der Waals surface area contributed by atoms with E-state index in [-0.39, 0.29) is 0 Å². The highest BCUT2D eigenvalue weighted by molar-refractivity contribution is 5.98. The molecule has 1 fully saturated rings. The second-order valence-corrected chi connectivity index (χ2v) is 8.07. The summed E-state index contributed by atoms with van der Waals surface area (Å²) in [6, 6.07) is 28.2. The molecule has 0 bridgehead atoms. The molecule has 0 atom stereocenters. The molecule has 0 aromatic heterocycles. The van der Waals surface area contributed by atoms with Gasteiger partial charge in [0, 0.05) is 12.6 Å². The molecule has 154 valence electrons. The molecular formula is C27H30N2O. The molecule has 30 heavy (non-hydrogen) atoms. The van der Waals surface area contributed by atoms with Gasteiger partial charge < -0.3 is 10.2 Å². The van der Waals surface area contributed by atoms with E-state index in [0.29, 0.717) is 12.6 Å². The average molecular weight is 399 g/mol. The zero-order valence-electron chi connectivity index (χ0n) is 17.7. The lowest BCUT2D eigenvalue weighted by Gasteiger charge is -2.12. The molecule has 3 aromatic carbocycles. The number of hydrogen-bond acceptors (Lipinski definition) is 3. The monoisotopic (exact) mass is 398 g/mol. The number of benzene rings is 3. The van der Waals surface area contributed by atoms with E-state index in [0.717, 1.165) is 23.4 Å². The van der Waals surface area contributed by atoms with Gasteiger partial charge in [-0.2, -0.15) is 0 Å². The second kappa shape index (κ2) is 10.2. The Morgan fingerprint density at radius 1 is 0.833 bits per heavy atom. The topological polar surface area (TPSA) is 33.6 Å². The zero-order chi connectivity index (χ0) is 20.6. The summed E-state index contributed by atoms with van der Waals surface area (Å²) in [5, 5.41) is 7.97. The lowest BCUT2D eigenvalue weighted by molar-refractivity contribution is 0.130. The highest BCUT2D eigenvalue weighted by atomic mass is 16.6. The first-order chi connectivity index (χ1) is 14.8. The lowest BCUT2D eigenvalue weighted by atomic mass is 10.0. The normalized spacial score (nSPS) is 14.8. The van der Waals surface area contributed by atoms with Crippen molar-refractivity contribution in [2.24, 2.45) is 5.16 Å². The fraction of sp³-hybridized carbons (Fsp3) is 0.296. The van der Waals surface area contributed by atoms with Gasteiger partial charge in [-0.25, -0.2) is 0 Å². The fourth-order valence-corrected chi connectivity index (χ4v) is 3.94. The van der Waals surface area contributed by atoms with Crippen LogP contribution >= 0.6 is 0 Å². The summed E-state index contributed by atoms with van der Waals surface area (Å²) >= 11 is 0. The Morgan fingerprint density at radius 3 is 2.17 bits per heavy atom. The molecule has 1 aliphatic rings. The molecule has 0 amide bonds. The van der Waals surface area contributed by atoms with E-state index in [1.807, 2.05) is 13.0 Å². The number of oxime groups is 1. The van der Waals surface area contributed by atoms with Crippen molar-refractivity contribution < 1.29 is 4.84 Å². The van der Waals surface area contributed by atoms with Crippen molar-refractivity contribution in [2.45, 2.75) is 51.8 Å². The number of nitrogens with zero attached hydrogens (tertiary/aromatic N) is 1. The van der Waals surface area contributed by atoms with Gasteiger partial charge in [-0.3, -0.25) is 0 Å². The molecule has 0 spiro atoms. The number of nitrogens with one attached hydrogen (secondary N) is 1. The molecule has 1 saturated carbocycles. The molecule has 4 rings (SSSR count). The lowest BCUT2D eigenvalue weighted by Crippen LogP contribution is -2.25. The van der Waals surface area contributed by atoms with E-state index in [1.54, 1.807) is 0 Å². The van der Waals surface area contributed by atoms with E-state index >= 15 is 0 Å². The SMILES string of the molecule is CC(=NOCc1ccc(-c2ccccc2)cc1)c1ccc(CNC2CCCC2)cc1. The van der Waals surface area contributed by atoms with Gasteiger partial charge in [0.25, 0.3) is 0 Å². The quantitative estimate of drug-likeness (QED) is 0.355. The predicted molar refractivity (Wildman–Crippen MR) is 124 cm³/mol. The molecule has 0 unspecified atom stereocenters. The van der Waals surface area contributed by atoms with Crippen molar-refractivity contribution in [3.05, 3.63) is 95.6 Å². The molecule has 0 saturated heterocycles. The molecular weight excluding hydrogens is 368 g/mol.